The predicted octanol–water partition coefficient (Wildman–Crippen LogP) is -3.39. The van der Waals surface area contributed by atoms with E-state index in [1.54, 1.807) is 24.5 Å². The van der Waals surface area contributed by atoms with E-state index in [0.29, 0.717) is 5.56 Å². The Balaban J connectivity index is 0.000001000. The number of rotatable bonds is 1. The predicted molar refractivity (Wildman–Crippen MR) is 36.1 cm³/mol. The molecular formula is C7H9ClN2O. The SMILES string of the molecule is C[n+]1ccc(C(N)=O)cc1.[Cl-]. The van der Waals surface area contributed by atoms with Crippen molar-refractivity contribution in [2.24, 2.45) is 12.8 Å². The summed E-state index contributed by atoms with van der Waals surface area (Å²) in [6.45, 7) is 0. The maximum atomic E-state index is 10.5. The molecule has 0 fully saturated rings. The Bertz CT molecular complexity index is 245. The third-order valence-electron chi connectivity index (χ3n) is 1.26. The largest absolute Gasteiger partial charge is 1.00 e. The van der Waals surface area contributed by atoms with Crippen LogP contribution in [0.2, 0.25) is 0 Å². The van der Waals surface area contributed by atoms with Crippen molar-refractivity contribution in [2.75, 3.05) is 0 Å². The number of carbonyl (C=O) groups excluding carboxylic acids is 1. The molecule has 0 atom stereocenters. The van der Waals surface area contributed by atoms with Crippen molar-refractivity contribution >= 4 is 5.91 Å². The van der Waals surface area contributed by atoms with E-state index in [-0.39, 0.29) is 18.3 Å². The summed E-state index contributed by atoms with van der Waals surface area (Å²) in [5, 5.41) is 0. The van der Waals surface area contributed by atoms with E-state index in [0.717, 1.165) is 0 Å². The van der Waals surface area contributed by atoms with Gasteiger partial charge >= 0.3 is 0 Å². The summed E-state index contributed by atoms with van der Waals surface area (Å²) in [7, 11) is 1.88. The van der Waals surface area contributed by atoms with E-state index in [9.17, 15) is 4.79 Å². The summed E-state index contributed by atoms with van der Waals surface area (Å²) in [4.78, 5) is 10.5. The fraction of sp³-hybridized carbons (Fsp3) is 0.143. The fourth-order valence-corrected chi connectivity index (χ4v) is 0.665. The van der Waals surface area contributed by atoms with Crippen LogP contribution in [0.5, 0.6) is 0 Å². The molecule has 0 saturated heterocycles. The van der Waals surface area contributed by atoms with Crippen LogP contribution >= 0.6 is 0 Å². The van der Waals surface area contributed by atoms with E-state index < -0.39 is 0 Å². The van der Waals surface area contributed by atoms with E-state index in [2.05, 4.69) is 0 Å². The Morgan fingerprint density at radius 2 is 1.91 bits per heavy atom. The fourth-order valence-electron chi connectivity index (χ4n) is 0.665. The lowest BCUT2D eigenvalue weighted by molar-refractivity contribution is -0.671. The van der Waals surface area contributed by atoms with Crippen molar-refractivity contribution < 1.29 is 21.8 Å². The number of aryl methyl sites for hydroxylation is 1. The third-order valence-corrected chi connectivity index (χ3v) is 1.26. The maximum absolute atomic E-state index is 10.5. The van der Waals surface area contributed by atoms with Gasteiger partial charge in [-0.1, -0.05) is 0 Å². The lowest BCUT2D eigenvalue weighted by atomic mass is 10.2. The summed E-state index contributed by atoms with van der Waals surface area (Å²) in [6, 6.07) is 3.37. The molecule has 4 heteroatoms. The van der Waals surface area contributed by atoms with Crippen LogP contribution in [0.3, 0.4) is 0 Å². The number of hydrogen-bond donors (Lipinski definition) is 1. The van der Waals surface area contributed by atoms with Gasteiger partial charge in [0.15, 0.2) is 12.4 Å². The highest BCUT2D eigenvalue weighted by Gasteiger charge is 1.99. The zero-order valence-electron chi connectivity index (χ0n) is 6.12. The van der Waals surface area contributed by atoms with Gasteiger partial charge in [-0.05, 0) is 0 Å². The van der Waals surface area contributed by atoms with Crippen LogP contribution in [0, 0.1) is 0 Å². The molecule has 1 aromatic rings. The van der Waals surface area contributed by atoms with Gasteiger partial charge in [-0.3, -0.25) is 4.79 Å². The molecule has 0 radical (unpaired) electrons. The molecule has 0 unspecified atom stereocenters. The Kier molecular flexibility index (Phi) is 3.54. The molecule has 0 aromatic carbocycles. The van der Waals surface area contributed by atoms with Gasteiger partial charge in [0.2, 0.25) is 5.91 Å². The number of pyridine rings is 1. The highest BCUT2D eigenvalue weighted by molar-refractivity contribution is 5.92. The van der Waals surface area contributed by atoms with Crippen LogP contribution in [-0.2, 0) is 7.05 Å². The zero-order valence-corrected chi connectivity index (χ0v) is 6.88. The van der Waals surface area contributed by atoms with Gasteiger partial charge in [-0.2, -0.15) is 0 Å². The monoisotopic (exact) mass is 172 g/mol. The summed E-state index contributed by atoms with van der Waals surface area (Å²) in [5.74, 6) is -0.388. The van der Waals surface area contributed by atoms with Gasteiger partial charge in [-0.15, -0.1) is 0 Å². The first kappa shape index (κ1) is 9.91. The number of carbonyl (C=O) groups is 1. The molecule has 1 aromatic heterocycles. The number of nitrogens with zero attached hydrogens (tertiary/aromatic N) is 1. The molecule has 1 heterocycles. The minimum absolute atomic E-state index is 0. The van der Waals surface area contributed by atoms with E-state index in [4.69, 9.17) is 5.73 Å². The van der Waals surface area contributed by atoms with Gasteiger partial charge in [0.1, 0.15) is 7.05 Å². The van der Waals surface area contributed by atoms with Crippen molar-refractivity contribution in [1.29, 1.82) is 0 Å². The lowest BCUT2D eigenvalue weighted by Crippen LogP contribution is -3.00. The second-order valence-electron chi connectivity index (χ2n) is 2.12. The van der Waals surface area contributed by atoms with Gasteiger partial charge in [0, 0.05) is 12.1 Å². The molecule has 0 aliphatic rings. The number of amides is 1. The number of primary amides is 1. The second kappa shape index (κ2) is 3.93. The first-order valence-electron chi connectivity index (χ1n) is 2.95. The summed E-state index contributed by atoms with van der Waals surface area (Å²) in [6.07, 6.45) is 3.56. The molecule has 11 heavy (non-hydrogen) atoms. The third kappa shape index (κ3) is 2.55. The Morgan fingerprint density at radius 1 is 1.45 bits per heavy atom. The van der Waals surface area contributed by atoms with Gasteiger partial charge in [0.05, 0.1) is 5.56 Å². The molecule has 1 rings (SSSR count). The molecule has 3 nitrogen and oxygen atoms in total. The molecule has 2 N–H and O–H groups in total. The van der Waals surface area contributed by atoms with Crippen molar-refractivity contribution in [3.63, 3.8) is 0 Å². The van der Waals surface area contributed by atoms with Gasteiger partial charge in [0.25, 0.3) is 0 Å². The van der Waals surface area contributed by atoms with E-state index in [1.807, 2.05) is 11.6 Å². The maximum Gasteiger partial charge on any atom is 0.249 e. The molecule has 0 aliphatic heterocycles. The average Bonchev–Trinajstić information content (AvgIpc) is 1.88. The summed E-state index contributed by atoms with van der Waals surface area (Å²) < 4.78 is 1.84. The molecule has 1 amide bonds. The number of aromatic nitrogens is 1. The zero-order chi connectivity index (χ0) is 7.56. The number of nitrogens with two attached hydrogens (primary N) is 1. The van der Waals surface area contributed by atoms with Crippen LogP contribution in [0.4, 0.5) is 0 Å². The van der Waals surface area contributed by atoms with Crippen molar-refractivity contribution in [3.05, 3.63) is 30.1 Å². The smallest absolute Gasteiger partial charge is 0.249 e. The van der Waals surface area contributed by atoms with Crippen molar-refractivity contribution in [2.45, 2.75) is 0 Å². The number of hydrogen-bond acceptors (Lipinski definition) is 1. The normalized spacial score (nSPS) is 8.45. The summed E-state index contributed by atoms with van der Waals surface area (Å²) in [5.41, 5.74) is 5.56. The van der Waals surface area contributed by atoms with Crippen LogP contribution in [0.15, 0.2) is 24.5 Å². The van der Waals surface area contributed by atoms with Crippen LogP contribution in [0.25, 0.3) is 0 Å². The standard InChI is InChI=1S/C7H8N2O.ClH/c1-9-4-2-6(3-5-9)7(8)10;/h2-5H,1H3,(H-,8,10);1H. The molecule has 60 valence electrons. The van der Waals surface area contributed by atoms with Gasteiger partial charge in [-0.25, -0.2) is 4.57 Å². The van der Waals surface area contributed by atoms with E-state index >= 15 is 0 Å². The molecule has 0 spiro atoms. The molecule has 0 bridgehead atoms. The average molecular weight is 173 g/mol. The quantitative estimate of drug-likeness (QED) is 0.442. The molecule has 0 saturated carbocycles. The van der Waals surface area contributed by atoms with Crippen LogP contribution < -0.4 is 22.7 Å². The minimum atomic E-state index is -0.388. The minimum Gasteiger partial charge on any atom is -1.00 e. The van der Waals surface area contributed by atoms with Crippen molar-refractivity contribution in [3.8, 4) is 0 Å². The first-order valence-corrected chi connectivity index (χ1v) is 2.95. The Hall–Kier alpha value is -1.09. The Labute approximate surface area is 71.2 Å². The topological polar surface area (TPSA) is 47.0 Å². The van der Waals surface area contributed by atoms with Crippen LogP contribution in [0.1, 0.15) is 10.4 Å². The van der Waals surface area contributed by atoms with Crippen molar-refractivity contribution in [1.82, 2.24) is 0 Å². The van der Waals surface area contributed by atoms with E-state index in [1.165, 1.54) is 0 Å². The number of halogens is 1. The van der Waals surface area contributed by atoms with Gasteiger partial charge < -0.3 is 18.1 Å². The molecule has 0 aliphatic carbocycles. The highest BCUT2D eigenvalue weighted by Crippen LogP contribution is 1.90. The highest BCUT2D eigenvalue weighted by atomic mass is 35.5. The lowest BCUT2D eigenvalue weighted by Gasteiger charge is -1.89. The summed E-state index contributed by atoms with van der Waals surface area (Å²) >= 11 is 0. The molecular weight excluding hydrogens is 164 g/mol. The Morgan fingerprint density at radius 3 is 2.27 bits per heavy atom. The second-order valence-corrected chi connectivity index (χ2v) is 2.12. The first-order chi connectivity index (χ1) is 4.70. The van der Waals surface area contributed by atoms with Crippen LogP contribution in [-0.4, -0.2) is 5.91 Å².